The lowest BCUT2D eigenvalue weighted by Gasteiger charge is -2.26. The molecule has 1 aliphatic heterocycles. The molecule has 0 aliphatic carbocycles. The van der Waals surface area contributed by atoms with Gasteiger partial charge in [-0.2, -0.15) is 0 Å². The highest BCUT2D eigenvalue weighted by Gasteiger charge is 2.24. The molecule has 18 heavy (non-hydrogen) atoms. The maximum atomic E-state index is 5.85. The van der Waals surface area contributed by atoms with Gasteiger partial charge in [0.25, 0.3) is 0 Å². The van der Waals surface area contributed by atoms with Crippen LogP contribution in [0.25, 0.3) is 0 Å². The molecule has 1 N–H and O–H groups in total. The average Bonchev–Trinajstić information content (AvgIpc) is 2.58. The van der Waals surface area contributed by atoms with E-state index in [4.69, 9.17) is 16.3 Å². The second kappa shape index (κ2) is 4.74. The minimum atomic E-state index is -0.250. The Balaban J connectivity index is 2.06. The first-order valence-corrected chi connectivity index (χ1v) is 6.12. The van der Waals surface area contributed by atoms with Crippen molar-refractivity contribution in [3.05, 3.63) is 29.4 Å². The second-order valence-electron chi connectivity index (χ2n) is 5.14. The Morgan fingerprint density at radius 1 is 1.61 bits per heavy atom. The Bertz CT molecular complexity index is 470. The molecule has 0 fully saturated rings. The third kappa shape index (κ3) is 3.11. The molecule has 0 amide bonds. The molecule has 2 rings (SSSR count). The first kappa shape index (κ1) is 13.1. The van der Waals surface area contributed by atoms with E-state index < -0.39 is 0 Å². The van der Waals surface area contributed by atoms with Gasteiger partial charge in [0.05, 0.1) is 25.0 Å². The summed E-state index contributed by atoms with van der Waals surface area (Å²) >= 11 is 5.85. The van der Waals surface area contributed by atoms with Crippen molar-refractivity contribution in [2.75, 3.05) is 11.6 Å². The monoisotopic (exact) mass is 268 g/mol. The lowest BCUT2D eigenvalue weighted by molar-refractivity contribution is 0.0511. The maximum Gasteiger partial charge on any atom is 0.168 e. The van der Waals surface area contributed by atoms with Crippen molar-refractivity contribution in [1.29, 1.82) is 0 Å². The van der Waals surface area contributed by atoms with Crippen LogP contribution < -0.4 is 10.4 Å². The summed E-state index contributed by atoms with van der Waals surface area (Å²) < 4.78 is 5.69. The van der Waals surface area contributed by atoms with E-state index in [1.807, 2.05) is 25.8 Å². The van der Waals surface area contributed by atoms with E-state index in [9.17, 15) is 0 Å². The van der Waals surface area contributed by atoms with Crippen LogP contribution in [0.15, 0.2) is 18.5 Å². The van der Waals surface area contributed by atoms with E-state index >= 15 is 0 Å². The number of nitrogens with zero attached hydrogens (tertiary/aromatic N) is 3. The van der Waals surface area contributed by atoms with Gasteiger partial charge in [0.2, 0.25) is 0 Å². The molecule has 0 atom stereocenters. The molecule has 5 nitrogen and oxygen atoms in total. The SMILES string of the molecule is C=C(CN1NCc2ncc(Cl)nc21)OC(C)(C)C. The Morgan fingerprint density at radius 3 is 3.00 bits per heavy atom. The van der Waals surface area contributed by atoms with Gasteiger partial charge in [-0.25, -0.2) is 10.4 Å². The van der Waals surface area contributed by atoms with Gasteiger partial charge in [0.15, 0.2) is 5.82 Å². The van der Waals surface area contributed by atoms with Crippen LogP contribution in [0.1, 0.15) is 26.5 Å². The average molecular weight is 269 g/mol. The normalized spacial score (nSPS) is 14.6. The first-order chi connectivity index (χ1) is 8.35. The fourth-order valence-corrected chi connectivity index (χ4v) is 1.87. The van der Waals surface area contributed by atoms with Gasteiger partial charge in [-0.05, 0) is 20.8 Å². The number of halogens is 1. The van der Waals surface area contributed by atoms with Crippen molar-refractivity contribution in [2.24, 2.45) is 0 Å². The third-order valence-electron chi connectivity index (χ3n) is 2.28. The van der Waals surface area contributed by atoms with E-state index in [1.54, 1.807) is 6.20 Å². The number of anilines is 1. The molecule has 0 radical (unpaired) electrons. The molecule has 98 valence electrons. The number of aromatic nitrogens is 2. The maximum absolute atomic E-state index is 5.85. The Hall–Kier alpha value is -1.33. The third-order valence-corrected chi connectivity index (χ3v) is 2.46. The second-order valence-corrected chi connectivity index (χ2v) is 5.52. The highest BCUT2D eigenvalue weighted by molar-refractivity contribution is 6.29. The summed E-state index contributed by atoms with van der Waals surface area (Å²) in [6.45, 7) is 11.0. The zero-order chi connectivity index (χ0) is 13.3. The summed E-state index contributed by atoms with van der Waals surface area (Å²) in [5.41, 5.74) is 3.80. The minimum absolute atomic E-state index is 0.250. The van der Waals surface area contributed by atoms with Gasteiger partial charge in [-0.15, -0.1) is 0 Å². The van der Waals surface area contributed by atoms with Crippen LogP contribution in [0.2, 0.25) is 5.15 Å². The minimum Gasteiger partial charge on any atom is -0.491 e. The number of hydrogen-bond donors (Lipinski definition) is 1. The van der Waals surface area contributed by atoms with Gasteiger partial charge < -0.3 is 4.74 Å². The fourth-order valence-electron chi connectivity index (χ4n) is 1.74. The van der Waals surface area contributed by atoms with Crippen LogP contribution in [0.4, 0.5) is 5.82 Å². The zero-order valence-corrected chi connectivity index (χ0v) is 11.6. The molecule has 2 heterocycles. The van der Waals surface area contributed by atoms with Crippen LogP contribution in [0.5, 0.6) is 0 Å². The van der Waals surface area contributed by atoms with Crippen LogP contribution in [0, 0.1) is 0 Å². The molecule has 1 aromatic rings. The molecule has 0 bridgehead atoms. The van der Waals surface area contributed by atoms with Crippen LogP contribution in [-0.2, 0) is 11.3 Å². The predicted molar refractivity (Wildman–Crippen MR) is 71.2 cm³/mol. The van der Waals surface area contributed by atoms with Crippen LogP contribution in [0.3, 0.4) is 0 Å². The lowest BCUT2D eigenvalue weighted by atomic mass is 10.2. The van der Waals surface area contributed by atoms with E-state index in [2.05, 4.69) is 22.0 Å². The highest BCUT2D eigenvalue weighted by Crippen LogP contribution is 2.23. The van der Waals surface area contributed by atoms with Gasteiger partial charge in [-0.1, -0.05) is 18.2 Å². The smallest absolute Gasteiger partial charge is 0.168 e. The molecule has 0 unspecified atom stereocenters. The molecule has 6 heteroatoms. The molecule has 1 aliphatic rings. The van der Waals surface area contributed by atoms with Crippen molar-refractivity contribution < 1.29 is 4.74 Å². The molecule has 0 spiro atoms. The number of nitrogens with one attached hydrogen (secondary N) is 1. The van der Waals surface area contributed by atoms with Gasteiger partial charge >= 0.3 is 0 Å². The zero-order valence-electron chi connectivity index (χ0n) is 10.8. The predicted octanol–water partition coefficient (Wildman–Crippen LogP) is 2.28. The van der Waals surface area contributed by atoms with E-state index in [-0.39, 0.29) is 5.60 Å². The van der Waals surface area contributed by atoms with Crippen molar-refractivity contribution in [3.8, 4) is 0 Å². The Labute approximate surface area is 112 Å². The molecular weight excluding hydrogens is 252 g/mol. The summed E-state index contributed by atoms with van der Waals surface area (Å²) in [6, 6.07) is 0. The summed E-state index contributed by atoms with van der Waals surface area (Å²) in [6.07, 6.45) is 1.55. The van der Waals surface area contributed by atoms with Crippen molar-refractivity contribution in [3.63, 3.8) is 0 Å². The van der Waals surface area contributed by atoms with Gasteiger partial charge in [-0.3, -0.25) is 9.99 Å². The quantitative estimate of drug-likeness (QED) is 0.853. The van der Waals surface area contributed by atoms with E-state index in [0.717, 1.165) is 11.5 Å². The first-order valence-electron chi connectivity index (χ1n) is 5.74. The highest BCUT2D eigenvalue weighted by atomic mass is 35.5. The fraction of sp³-hybridized carbons (Fsp3) is 0.500. The summed E-state index contributed by atoms with van der Waals surface area (Å²) in [4.78, 5) is 8.48. The van der Waals surface area contributed by atoms with Crippen molar-refractivity contribution in [1.82, 2.24) is 15.4 Å². The van der Waals surface area contributed by atoms with Crippen LogP contribution in [-0.4, -0.2) is 22.1 Å². The molecular formula is C12H17ClN4O. The van der Waals surface area contributed by atoms with Crippen molar-refractivity contribution in [2.45, 2.75) is 32.9 Å². The summed E-state index contributed by atoms with van der Waals surface area (Å²) in [5, 5.41) is 2.23. The van der Waals surface area contributed by atoms with Crippen molar-refractivity contribution >= 4 is 17.4 Å². The molecule has 0 aromatic carbocycles. The molecule has 1 aromatic heterocycles. The summed E-state index contributed by atoms with van der Waals surface area (Å²) in [5.74, 6) is 1.41. The largest absolute Gasteiger partial charge is 0.491 e. The van der Waals surface area contributed by atoms with Gasteiger partial charge in [0.1, 0.15) is 16.5 Å². The van der Waals surface area contributed by atoms with E-state index in [0.29, 0.717) is 24.0 Å². The number of ether oxygens (including phenoxy) is 1. The van der Waals surface area contributed by atoms with Crippen LogP contribution >= 0.6 is 11.6 Å². The molecule has 0 saturated heterocycles. The molecule has 0 saturated carbocycles. The number of hydrazine groups is 1. The number of rotatable bonds is 3. The Morgan fingerprint density at radius 2 is 2.33 bits per heavy atom. The number of fused-ring (bicyclic) bond motifs is 1. The lowest BCUT2D eigenvalue weighted by Crippen LogP contribution is -2.35. The topological polar surface area (TPSA) is 50.3 Å². The summed E-state index contributed by atoms with van der Waals surface area (Å²) in [7, 11) is 0. The number of hydrogen-bond acceptors (Lipinski definition) is 5. The Kier molecular flexibility index (Phi) is 3.45. The van der Waals surface area contributed by atoms with E-state index in [1.165, 1.54) is 0 Å². The van der Waals surface area contributed by atoms with Gasteiger partial charge in [0, 0.05) is 0 Å². The standard InChI is InChI=1S/C12H17ClN4O/c1-8(18-12(2,3)4)7-17-11-9(5-15-17)14-6-10(13)16-11/h6,15H,1,5,7H2,2-4H3.